The molecule has 0 fully saturated rings. The molecule has 2 atom stereocenters. The Labute approximate surface area is 187 Å². The second-order valence-corrected chi connectivity index (χ2v) is 8.86. The van der Waals surface area contributed by atoms with E-state index in [4.69, 9.17) is 14.2 Å². The quantitative estimate of drug-likeness (QED) is 0.366. The lowest BCUT2D eigenvalue weighted by Crippen LogP contribution is -2.23. The highest BCUT2D eigenvalue weighted by Gasteiger charge is 2.25. The van der Waals surface area contributed by atoms with Crippen molar-refractivity contribution in [3.8, 4) is 11.5 Å². The molecule has 0 amide bonds. The minimum atomic E-state index is -0.889. The molecule has 1 aromatic carbocycles. The van der Waals surface area contributed by atoms with Crippen molar-refractivity contribution in [3.63, 3.8) is 0 Å². The molecule has 0 saturated heterocycles. The van der Waals surface area contributed by atoms with Gasteiger partial charge in [-0.05, 0) is 48.3 Å². The van der Waals surface area contributed by atoms with Gasteiger partial charge in [0.25, 0.3) is 0 Å². The summed E-state index contributed by atoms with van der Waals surface area (Å²) in [4.78, 5) is 23.8. The van der Waals surface area contributed by atoms with Crippen LogP contribution in [0.25, 0.3) is 0 Å². The number of carbonyl (C=O) groups is 2. The number of aliphatic carboxylic acids is 1. The van der Waals surface area contributed by atoms with Gasteiger partial charge in [-0.15, -0.1) is 0 Å². The van der Waals surface area contributed by atoms with E-state index in [0.717, 1.165) is 30.6 Å². The number of ketones is 1. The number of carboxylic acids is 1. The summed E-state index contributed by atoms with van der Waals surface area (Å²) in [6, 6.07) is 5.98. The van der Waals surface area contributed by atoms with Crippen molar-refractivity contribution in [1.82, 2.24) is 0 Å². The van der Waals surface area contributed by atoms with Crippen molar-refractivity contribution in [1.29, 1.82) is 0 Å². The second-order valence-electron chi connectivity index (χ2n) is 8.86. The van der Waals surface area contributed by atoms with Crippen LogP contribution in [0.5, 0.6) is 11.5 Å². The van der Waals surface area contributed by atoms with Gasteiger partial charge in [-0.2, -0.15) is 0 Å². The van der Waals surface area contributed by atoms with E-state index in [1.807, 2.05) is 32.0 Å². The Morgan fingerprint density at radius 2 is 1.71 bits per heavy atom. The largest absolute Gasteiger partial charge is 0.493 e. The molecule has 0 aliphatic heterocycles. The number of ether oxygens (including phenoxy) is 3. The van der Waals surface area contributed by atoms with E-state index in [9.17, 15) is 14.7 Å². The molecule has 1 rings (SSSR count). The summed E-state index contributed by atoms with van der Waals surface area (Å²) < 4.78 is 16.4. The molecule has 31 heavy (non-hydrogen) atoms. The summed E-state index contributed by atoms with van der Waals surface area (Å²) in [5, 5.41) is 9.33. The average molecular weight is 437 g/mol. The van der Waals surface area contributed by atoms with Gasteiger partial charge in [-0.1, -0.05) is 33.8 Å². The normalized spacial score (nSPS) is 13.3. The van der Waals surface area contributed by atoms with Crippen LogP contribution in [0.15, 0.2) is 18.2 Å². The van der Waals surface area contributed by atoms with Gasteiger partial charge >= 0.3 is 5.97 Å². The molecular weight excluding hydrogens is 396 g/mol. The highest BCUT2D eigenvalue weighted by atomic mass is 16.5. The van der Waals surface area contributed by atoms with Crippen LogP contribution >= 0.6 is 0 Å². The van der Waals surface area contributed by atoms with E-state index in [-0.39, 0.29) is 18.1 Å². The Bertz CT molecular complexity index is 683. The SMILES string of the molecule is COCCCOc1cc(CC(CCC(=O)C[C@H](C(=O)O)C(C)C)C(C)C)ccc1OC. The van der Waals surface area contributed by atoms with Crippen LogP contribution in [0.3, 0.4) is 0 Å². The average Bonchev–Trinajstić information content (AvgIpc) is 2.71. The molecule has 0 aromatic heterocycles. The van der Waals surface area contributed by atoms with E-state index < -0.39 is 11.9 Å². The van der Waals surface area contributed by atoms with Crippen molar-refractivity contribution in [2.24, 2.45) is 23.7 Å². The predicted molar refractivity (Wildman–Crippen MR) is 122 cm³/mol. The molecule has 0 heterocycles. The highest BCUT2D eigenvalue weighted by molar-refractivity contribution is 5.83. The molecule has 1 aromatic rings. The van der Waals surface area contributed by atoms with Gasteiger partial charge in [-0.3, -0.25) is 9.59 Å². The number of Topliss-reactive ketones (excluding diaryl/α,β-unsaturated/α-hetero) is 1. The topological polar surface area (TPSA) is 82.1 Å². The van der Waals surface area contributed by atoms with Crippen molar-refractivity contribution < 1.29 is 28.9 Å². The lowest BCUT2D eigenvalue weighted by molar-refractivity contribution is -0.145. The fourth-order valence-electron chi connectivity index (χ4n) is 3.62. The first-order chi connectivity index (χ1) is 14.7. The Morgan fingerprint density at radius 3 is 2.26 bits per heavy atom. The summed E-state index contributed by atoms with van der Waals surface area (Å²) in [7, 11) is 3.30. The van der Waals surface area contributed by atoms with E-state index in [2.05, 4.69) is 13.8 Å². The number of methoxy groups -OCH3 is 2. The third-order valence-corrected chi connectivity index (χ3v) is 5.78. The Hall–Kier alpha value is -2.08. The highest BCUT2D eigenvalue weighted by Crippen LogP contribution is 2.31. The molecule has 6 nitrogen and oxygen atoms in total. The first-order valence-corrected chi connectivity index (χ1v) is 11.2. The molecule has 0 aliphatic rings. The summed E-state index contributed by atoms with van der Waals surface area (Å²) in [6.07, 6.45) is 2.90. The zero-order chi connectivity index (χ0) is 23.4. The molecule has 0 radical (unpaired) electrons. The van der Waals surface area contributed by atoms with Crippen molar-refractivity contribution in [2.45, 2.75) is 59.8 Å². The Morgan fingerprint density at radius 1 is 1.00 bits per heavy atom. The molecule has 0 aliphatic carbocycles. The van der Waals surface area contributed by atoms with Crippen LogP contribution in [0, 0.1) is 23.7 Å². The lowest BCUT2D eigenvalue weighted by atomic mass is 9.83. The summed E-state index contributed by atoms with van der Waals surface area (Å²) >= 11 is 0. The van der Waals surface area contributed by atoms with Crippen molar-refractivity contribution >= 4 is 11.8 Å². The minimum absolute atomic E-state index is 0.0312. The lowest BCUT2D eigenvalue weighted by Gasteiger charge is -2.22. The zero-order valence-electron chi connectivity index (χ0n) is 20.0. The van der Waals surface area contributed by atoms with Crippen molar-refractivity contribution in [3.05, 3.63) is 23.8 Å². The van der Waals surface area contributed by atoms with Gasteiger partial charge in [0.1, 0.15) is 5.78 Å². The second kappa shape index (κ2) is 14.1. The predicted octanol–water partition coefficient (Wildman–Crippen LogP) is 5.02. The van der Waals surface area contributed by atoms with Crippen LogP contribution in [-0.4, -0.2) is 44.3 Å². The first-order valence-electron chi connectivity index (χ1n) is 11.2. The summed E-state index contributed by atoms with van der Waals surface area (Å²) in [5.41, 5.74) is 1.14. The zero-order valence-corrected chi connectivity index (χ0v) is 20.0. The number of benzene rings is 1. The van der Waals surface area contributed by atoms with E-state index >= 15 is 0 Å². The van der Waals surface area contributed by atoms with E-state index in [1.54, 1.807) is 14.2 Å². The fourth-order valence-corrected chi connectivity index (χ4v) is 3.62. The van der Waals surface area contributed by atoms with Crippen LogP contribution in [0.4, 0.5) is 0 Å². The third-order valence-electron chi connectivity index (χ3n) is 5.78. The van der Waals surface area contributed by atoms with Crippen molar-refractivity contribution in [2.75, 3.05) is 27.4 Å². The smallest absolute Gasteiger partial charge is 0.307 e. The first kappa shape index (κ1) is 27.0. The molecular formula is C25H40O6. The van der Waals surface area contributed by atoms with Crippen LogP contribution < -0.4 is 9.47 Å². The number of carboxylic acid groups (broad SMARTS) is 1. The molecule has 176 valence electrons. The maximum absolute atomic E-state index is 12.4. The molecule has 0 bridgehead atoms. The maximum atomic E-state index is 12.4. The van der Waals surface area contributed by atoms with Crippen LogP contribution in [-0.2, 0) is 20.7 Å². The third kappa shape index (κ3) is 9.72. The molecule has 0 spiro atoms. The Kier molecular flexibility index (Phi) is 12.2. The van der Waals surface area contributed by atoms with Crippen LogP contribution in [0.2, 0.25) is 0 Å². The standard InChI is InChI=1S/C25H40O6/c1-17(2)20(9-10-21(26)16-22(18(3)4)25(27)28)14-19-8-11-23(30-6)24(15-19)31-13-7-12-29-5/h8,11,15,17-18,20,22H,7,9-10,12-14,16H2,1-6H3,(H,27,28)/t20?,22-/m0/s1. The molecule has 6 heteroatoms. The fraction of sp³-hybridized carbons (Fsp3) is 0.680. The van der Waals surface area contributed by atoms with Gasteiger partial charge in [-0.25, -0.2) is 0 Å². The summed E-state index contributed by atoms with van der Waals surface area (Å²) in [5.74, 6) is 0.626. The number of hydrogen-bond acceptors (Lipinski definition) is 5. The monoisotopic (exact) mass is 436 g/mol. The molecule has 0 saturated carbocycles. The van der Waals surface area contributed by atoms with E-state index in [1.165, 1.54) is 0 Å². The number of rotatable bonds is 16. The van der Waals surface area contributed by atoms with Gasteiger partial charge < -0.3 is 19.3 Å². The van der Waals surface area contributed by atoms with E-state index in [0.29, 0.717) is 37.2 Å². The number of hydrogen-bond donors (Lipinski definition) is 1. The Balaban J connectivity index is 2.75. The van der Waals surface area contributed by atoms with Gasteiger partial charge in [0.05, 0.1) is 19.6 Å². The van der Waals surface area contributed by atoms with Crippen LogP contribution in [0.1, 0.15) is 58.9 Å². The summed E-state index contributed by atoms with van der Waals surface area (Å²) in [6.45, 7) is 9.22. The van der Waals surface area contributed by atoms with Gasteiger partial charge in [0.15, 0.2) is 11.5 Å². The molecule has 1 unspecified atom stereocenters. The minimum Gasteiger partial charge on any atom is -0.493 e. The number of carbonyl (C=O) groups excluding carboxylic acids is 1. The molecule has 1 N–H and O–H groups in total. The van der Waals surface area contributed by atoms with Gasteiger partial charge in [0, 0.05) is 33.0 Å². The maximum Gasteiger partial charge on any atom is 0.307 e. The van der Waals surface area contributed by atoms with Gasteiger partial charge in [0.2, 0.25) is 0 Å².